The Labute approximate surface area is 79.5 Å². The number of hydrogen-bond acceptors (Lipinski definition) is 2. The van der Waals surface area contributed by atoms with Crippen molar-refractivity contribution in [2.24, 2.45) is 0 Å². The van der Waals surface area contributed by atoms with Crippen molar-refractivity contribution in [3.63, 3.8) is 0 Å². The molecule has 74 valence electrons. The van der Waals surface area contributed by atoms with E-state index in [4.69, 9.17) is 4.42 Å². The number of rotatable bonds is 2. The van der Waals surface area contributed by atoms with Crippen LogP contribution in [0.1, 0.15) is 5.56 Å². The van der Waals surface area contributed by atoms with Crippen molar-refractivity contribution < 1.29 is 13.2 Å². The quantitative estimate of drug-likeness (QED) is 0.799. The first-order valence-corrected chi connectivity index (χ1v) is 4.22. The van der Waals surface area contributed by atoms with E-state index in [1.165, 1.54) is 12.3 Å². The molecule has 0 aliphatic rings. The van der Waals surface area contributed by atoms with Gasteiger partial charge in [0.2, 0.25) is 0 Å². The molecule has 1 aromatic carbocycles. The Balaban J connectivity index is 2.66. The highest BCUT2D eigenvalue weighted by atomic mass is 19.1. The second kappa shape index (κ2) is 3.38. The van der Waals surface area contributed by atoms with Crippen LogP contribution in [0.25, 0.3) is 11.0 Å². The highest BCUT2D eigenvalue weighted by Crippen LogP contribution is 2.24. The second-order valence-electron chi connectivity index (χ2n) is 3.06. The standard InChI is InChI=1S/C10H9F2NO/c1-13-4-6-5-14-10-8(6)2-7(11)3-9(10)12/h2-3,5,13H,4H2,1H3. The molecule has 0 radical (unpaired) electrons. The minimum absolute atomic E-state index is 0.108. The smallest absolute Gasteiger partial charge is 0.170 e. The SMILES string of the molecule is CNCc1coc2c(F)cc(F)cc12. The Morgan fingerprint density at radius 1 is 1.36 bits per heavy atom. The van der Waals surface area contributed by atoms with E-state index in [1.54, 1.807) is 7.05 Å². The topological polar surface area (TPSA) is 25.2 Å². The third kappa shape index (κ3) is 1.37. The molecule has 1 N–H and O–H groups in total. The summed E-state index contributed by atoms with van der Waals surface area (Å²) in [5.41, 5.74) is 0.859. The molecule has 0 fully saturated rings. The average molecular weight is 197 g/mol. The molecule has 0 aliphatic heterocycles. The molecule has 0 unspecified atom stereocenters. The molecule has 0 amide bonds. The first kappa shape index (κ1) is 9.15. The van der Waals surface area contributed by atoms with Crippen LogP contribution >= 0.6 is 0 Å². The van der Waals surface area contributed by atoms with Crippen molar-refractivity contribution in [2.45, 2.75) is 6.54 Å². The van der Waals surface area contributed by atoms with Gasteiger partial charge in [0.05, 0.1) is 6.26 Å². The van der Waals surface area contributed by atoms with Gasteiger partial charge in [0.1, 0.15) is 5.82 Å². The second-order valence-corrected chi connectivity index (χ2v) is 3.06. The van der Waals surface area contributed by atoms with Gasteiger partial charge < -0.3 is 9.73 Å². The Morgan fingerprint density at radius 2 is 2.14 bits per heavy atom. The Kier molecular flexibility index (Phi) is 2.21. The number of hydrogen-bond donors (Lipinski definition) is 1. The Hall–Kier alpha value is -1.42. The summed E-state index contributed by atoms with van der Waals surface area (Å²) in [6, 6.07) is 2.09. The van der Waals surface area contributed by atoms with Gasteiger partial charge in [0, 0.05) is 23.6 Å². The molecule has 0 atom stereocenters. The molecule has 2 rings (SSSR count). The molecule has 0 saturated heterocycles. The van der Waals surface area contributed by atoms with Gasteiger partial charge in [-0.3, -0.25) is 0 Å². The summed E-state index contributed by atoms with van der Waals surface area (Å²) in [6.07, 6.45) is 1.43. The predicted octanol–water partition coefficient (Wildman–Crippen LogP) is 2.43. The van der Waals surface area contributed by atoms with Crippen LogP contribution in [0.15, 0.2) is 22.8 Å². The molecule has 0 aliphatic carbocycles. The molecule has 0 saturated carbocycles. The van der Waals surface area contributed by atoms with Gasteiger partial charge in [0.15, 0.2) is 11.4 Å². The summed E-state index contributed by atoms with van der Waals surface area (Å²) in [4.78, 5) is 0. The van der Waals surface area contributed by atoms with Gasteiger partial charge >= 0.3 is 0 Å². The van der Waals surface area contributed by atoms with Crippen LogP contribution in [0.4, 0.5) is 8.78 Å². The molecular formula is C10H9F2NO. The zero-order valence-electron chi connectivity index (χ0n) is 7.60. The van der Waals surface area contributed by atoms with E-state index in [0.717, 1.165) is 11.6 Å². The molecular weight excluding hydrogens is 188 g/mol. The maximum Gasteiger partial charge on any atom is 0.170 e. The largest absolute Gasteiger partial charge is 0.461 e. The summed E-state index contributed by atoms with van der Waals surface area (Å²) >= 11 is 0. The number of fused-ring (bicyclic) bond motifs is 1. The zero-order chi connectivity index (χ0) is 10.1. The first-order chi connectivity index (χ1) is 6.72. The fourth-order valence-corrected chi connectivity index (χ4v) is 1.44. The first-order valence-electron chi connectivity index (χ1n) is 4.22. The van der Waals surface area contributed by atoms with Crippen LogP contribution in [0.3, 0.4) is 0 Å². The lowest BCUT2D eigenvalue weighted by Crippen LogP contribution is -2.04. The van der Waals surface area contributed by atoms with Crippen LogP contribution in [-0.4, -0.2) is 7.05 Å². The van der Waals surface area contributed by atoms with Crippen LogP contribution in [0, 0.1) is 11.6 Å². The highest BCUT2D eigenvalue weighted by molar-refractivity contribution is 5.81. The number of furan rings is 1. The van der Waals surface area contributed by atoms with Crippen LogP contribution in [0.2, 0.25) is 0 Å². The lowest BCUT2D eigenvalue weighted by Gasteiger charge is -1.96. The fourth-order valence-electron chi connectivity index (χ4n) is 1.44. The predicted molar refractivity (Wildman–Crippen MR) is 48.9 cm³/mol. The van der Waals surface area contributed by atoms with Crippen LogP contribution in [-0.2, 0) is 6.54 Å². The van der Waals surface area contributed by atoms with Gasteiger partial charge in [-0.25, -0.2) is 8.78 Å². The molecule has 4 heteroatoms. The van der Waals surface area contributed by atoms with Gasteiger partial charge in [-0.15, -0.1) is 0 Å². The molecule has 1 aromatic heterocycles. The van der Waals surface area contributed by atoms with Crippen molar-refractivity contribution >= 4 is 11.0 Å². The van der Waals surface area contributed by atoms with Gasteiger partial charge in [-0.1, -0.05) is 0 Å². The van der Waals surface area contributed by atoms with Crippen LogP contribution in [0.5, 0.6) is 0 Å². The minimum atomic E-state index is -0.664. The maximum atomic E-state index is 13.1. The summed E-state index contributed by atoms with van der Waals surface area (Å²) in [5.74, 6) is -1.25. The third-order valence-electron chi connectivity index (χ3n) is 2.04. The van der Waals surface area contributed by atoms with Crippen LogP contribution < -0.4 is 5.32 Å². The molecule has 2 aromatic rings. The van der Waals surface area contributed by atoms with E-state index < -0.39 is 11.6 Å². The lowest BCUT2D eigenvalue weighted by atomic mass is 10.1. The minimum Gasteiger partial charge on any atom is -0.461 e. The van der Waals surface area contributed by atoms with Gasteiger partial charge in [0.25, 0.3) is 0 Å². The average Bonchev–Trinajstić information content (AvgIpc) is 2.49. The van der Waals surface area contributed by atoms with Crippen molar-refractivity contribution in [2.75, 3.05) is 7.05 Å². The van der Waals surface area contributed by atoms with E-state index >= 15 is 0 Å². The van der Waals surface area contributed by atoms with E-state index in [0.29, 0.717) is 11.9 Å². The highest BCUT2D eigenvalue weighted by Gasteiger charge is 2.11. The molecule has 0 bridgehead atoms. The normalized spacial score (nSPS) is 11.1. The molecule has 2 nitrogen and oxygen atoms in total. The fraction of sp³-hybridized carbons (Fsp3) is 0.200. The van der Waals surface area contributed by atoms with Gasteiger partial charge in [-0.2, -0.15) is 0 Å². The van der Waals surface area contributed by atoms with Crippen molar-refractivity contribution in [1.82, 2.24) is 5.32 Å². The monoisotopic (exact) mass is 197 g/mol. The third-order valence-corrected chi connectivity index (χ3v) is 2.04. The van der Waals surface area contributed by atoms with Crippen molar-refractivity contribution in [3.8, 4) is 0 Å². The Morgan fingerprint density at radius 3 is 2.86 bits per heavy atom. The maximum absolute atomic E-state index is 13.1. The van der Waals surface area contributed by atoms with E-state index in [1.807, 2.05) is 0 Å². The summed E-state index contributed by atoms with van der Waals surface area (Å²) < 4.78 is 31.0. The van der Waals surface area contributed by atoms with E-state index in [9.17, 15) is 8.78 Å². The zero-order valence-corrected chi connectivity index (χ0v) is 7.60. The molecule has 1 heterocycles. The van der Waals surface area contributed by atoms with E-state index in [-0.39, 0.29) is 5.58 Å². The number of benzene rings is 1. The lowest BCUT2D eigenvalue weighted by molar-refractivity contribution is 0.545. The van der Waals surface area contributed by atoms with Crippen molar-refractivity contribution in [1.29, 1.82) is 0 Å². The van der Waals surface area contributed by atoms with Gasteiger partial charge in [-0.05, 0) is 13.1 Å². The van der Waals surface area contributed by atoms with Crippen molar-refractivity contribution in [3.05, 3.63) is 35.6 Å². The number of halogens is 2. The molecule has 0 spiro atoms. The van der Waals surface area contributed by atoms with E-state index in [2.05, 4.69) is 5.32 Å². The molecule has 14 heavy (non-hydrogen) atoms. The Bertz CT molecular complexity index is 464. The summed E-state index contributed by atoms with van der Waals surface area (Å²) in [7, 11) is 1.76. The number of nitrogens with one attached hydrogen (secondary N) is 1. The summed E-state index contributed by atoms with van der Waals surface area (Å²) in [5, 5.41) is 3.38. The summed E-state index contributed by atoms with van der Waals surface area (Å²) in [6.45, 7) is 0.524.